The molecule has 0 atom stereocenters. The summed E-state index contributed by atoms with van der Waals surface area (Å²) in [5, 5.41) is 4.35. The quantitative estimate of drug-likeness (QED) is 0.176. The Bertz CT molecular complexity index is 2550. The Kier molecular flexibility index (Phi) is 5.21. The number of aromatic nitrogens is 2. The second-order valence-corrected chi connectivity index (χ2v) is 11.5. The minimum atomic E-state index is -0.400. The molecule has 2 aliphatic carbocycles. The Morgan fingerprint density at radius 1 is 0.705 bits per heavy atom. The Balaban J connectivity index is 1.26. The SMILES string of the molecule is [2H]C=C([2H])/C([2H])=C(/[2H])C(=C[2H])n1c2ccccc2c2cc(-c3ccc4c(c3)c3ccccc3n4C3=CC=C(C4=CC=CCC4)CC3)ccc21. The summed E-state index contributed by atoms with van der Waals surface area (Å²) < 4.78 is 44.7. The first-order valence-electron chi connectivity index (χ1n) is 17.8. The molecule has 4 aromatic carbocycles. The summed E-state index contributed by atoms with van der Waals surface area (Å²) in [7, 11) is 0. The van der Waals surface area contributed by atoms with E-state index in [0.717, 1.165) is 71.7 Å². The topological polar surface area (TPSA) is 9.86 Å². The highest BCUT2D eigenvalue weighted by molar-refractivity contribution is 6.13. The molecule has 2 aliphatic rings. The van der Waals surface area contributed by atoms with Gasteiger partial charge in [-0.25, -0.2) is 0 Å². The van der Waals surface area contributed by atoms with E-state index in [1.54, 1.807) is 0 Å². The van der Waals surface area contributed by atoms with Crippen molar-refractivity contribution < 1.29 is 6.85 Å². The number of para-hydroxylation sites is 2. The fourth-order valence-electron chi connectivity index (χ4n) is 6.98. The minimum absolute atomic E-state index is 0.177. The van der Waals surface area contributed by atoms with E-state index in [0.29, 0.717) is 0 Å². The van der Waals surface area contributed by atoms with Crippen LogP contribution < -0.4 is 0 Å². The van der Waals surface area contributed by atoms with Crippen LogP contribution in [0.2, 0.25) is 0 Å². The largest absolute Gasteiger partial charge is 0.313 e. The molecule has 0 amide bonds. The Morgan fingerprint density at radius 2 is 1.39 bits per heavy atom. The summed E-state index contributed by atoms with van der Waals surface area (Å²) in [5.74, 6) is 0. The van der Waals surface area contributed by atoms with Gasteiger partial charge in [0.1, 0.15) is 0 Å². The van der Waals surface area contributed by atoms with Gasteiger partial charge in [0.2, 0.25) is 0 Å². The molecule has 0 aliphatic heterocycles. The summed E-state index contributed by atoms with van der Waals surface area (Å²) in [5.41, 5.74) is 10.5. The summed E-state index contributed by atoms with van der Waals surface area (Å²) in [6, 6.07) is 28.4. The van der Waals surface area contributed by atoms with Crippen LogP contribution in [0.15, 0.2) is 158 Å². The van der Waals surface area contributed by atoms with E-state index in [2.05, 4.69) is 89.5 Å². The van der Waals surface area contributed by atoms with Crippen LogP contribution in [0.5, 0.6) is 0 Å². The normalized spacial score (nSPS) is 18.4. The van der Waals surface area contributed by atoms with Gasteiger partial charge in [-0.3, -0.25) is 0 Å². The molecular formula is C42H34N2. The lowest BCUT2D eigenvalue weighted by atomic mass is 9.90. The summed E-state index contributed by atoms with van der Waals surface area (Å²) in [4.78, 5) is 0. The van der Waals surface area contributed by atoms with Crippen LogP contribution in [0.3, 0.4) is 0 Å². The van der Waals surface area contributed by atoms with Crippen molar-refractivity contribution in [2.75, 3.05) is 0 Å². The first-order valence-corrected chi connectivity index (χ1v) is 15.1. The van der Waals surface area contributed by atoms with E-state index in [1.165, 1.54) is 38.6 Å². The molecule has 0 N–H and O–H groups in total. The van der Waals surface area contributed by atoms with Gasteiger partial charge < -0.3 is 9.13 Å². The highest BCUT2D eigenvalue weighted by Gasteiger charge is 2.18. The van der Waals surface area contributed by atoms with E-state index in [9.17, 15) is 0 Å². The lowest BCUT2D eigenvalue weighted by Crippen LogP contribution is -2.03. The molecule has 2 heterocycles. The second kappa shape index (κ2) is 10.7. The summed E-state index contributed by atoms with van der Waals surface area (Å²) in [6.45, 7) is 1.80. The van der Waals surface area contributed by atoms with E-state index in [4.69, 9.17) is 6.85 Å². The van der Waals surface area contributed by atoms with E-state index in [1.807, 2.05) is 34.9 Å². The number of hydrogen-bond donors (Lipinski definition) is 0. The van der Waals surface area contributed by atoms with Crippen molar-refractivity contribution in [3.05, 3.63) is 158 Å². The molecule has 0 unspecified atom stereocenters. The molecule has 44 heavy (non-hydrogen) atoms. The molecule has 0 bridgehead atoms. The lowest BCUT2D eigenvalue weighted by molar-refractivity contribution is 0.885. The van der Waals surface area contributed by atoms with Gasteiger partial charge in [0.05, 0.1) is 28.9 Å². The summed E-state index contributed by atoms with van der Waals surface area (Å²) >= 11 is 0. The Hall–Kier alpha value is -5.34. The number of fused-ring (bicyclic) bond motifs is 6. The monoisotopic (exact) mass is 571 g/mol. The average Bonchev–Trinajstić information content (AvgIpc) is 3.67. The molecule has 8 rings (SSSR count). The fraction of sp³-hybridized carbons (Fsp3) is 0.0952. The molecule has 0 spiro atoms. The van der Waals surface area contributed by atoms with E-state index < -0.39 is 6.05 Å². The first-order chi connectivity index (χ1) is 24.0. The van der Waals surface area contributed by atoms with Crippen LogP contribution in [-0.4, -0.2) is 9.13 Å². The Labute approximate surface area is 265 Å². The molecule has 2 heteroatoms. The van der Waals surface area contributed by atoms with Crippen molar-refractivity contribution in [3.8, 4) is 11.1 Å². The van der Waals surface area contributed by atoms with Crippen LogP contribution in [0, 0.1) is 0 Å². The second-order valence-electron chi connectivity index (χ2n) is 11.5. The highest BCUT2D eigenvalue weighted by atomic mass is 15.0. The van der Waals surface area contributed by atoms with Gasteiger partial charge in [-0.1, -0.05) is 98.0 Å². The molecule has 2 aromatic heterocycles. The molecule has 0 radical (unpaired) electrons. The van der Waals surface area contributed by atoms with Gasteiger partial charge in [-0.05, 0) is 96.5 Å². The van der Waals surface area contributed by atoms with Crippen LogP contribution in [0.25, 0.3) is 66.1 Å². The zero-order chi connectivity index (χ0) is 33.6. The number of benzene rings is 4. The van der Waals surface area contributed by atoms with Crippen LogP contribution in [-0.2, 0) is 0 Å². The van der Waals surface area contributed by atoms with Crippen molar-refractivity contribution in [3.63, 3.8) is 0 Å². The summed E-state index contributed by atoms with van der Waals surface area (Å²) in [6.07, 6.45) is 15.5. The van der Waals surface area contributed by atoms with Crippen molar-refractivity contribution in [1.29, 1.82) is 0 Å². The number of allylic oxidation sites excluding steroid dienone is 12. The molecule has 2 nitrogen and oxygen atoms in total. The first kappa shape index (κ1) is 21.4. The van der Waals surface area contributed by atoms with Crippen molar-refractivity contribution >= 4 is 55.0 Å². The molecule has 212 valence electrons. The van der Waals surface area contributed by atoms with Gasteiger partial charge in [0, 0.05) is 32.9 Å². The van der Waals surface area contributed by atoms with Gasteiger partial charge in [0.25, 0.3) is 0 Å². The zero-order valence-corrected chi connectivity index (χ0v) is 24.3. The zero-order valence-electron chi connectivity index (χ0n) is 29.3. The number of nitrogens with zero attached hydrogens (tertiary/aromatic N) is 2. The highest BCUT2D eigenvalue weighted by Crippen LogP contribution is 2.40. The smallest absolute Gasteiger partial charge is 0.0645 e. The van der Waals surface area contributed by atoms with Crippen molar-refractivity contribution in [2.45, 2.75) is 25.7 Å². The van der Waals surface area contributed by atoms with Gasteiger partial charge >= 0.3 is 0 Å². The molecule has 0 saturated carbocycles. The van der Waals surface area contributed by atoms with Crippen molar-refractivity contribution in [2.24, 2.45) is 0 Å². The maximum absolute atomic E-state index is 8.67. The van der Waals surface area contributed by atoms with E-state index in [-0.39, 0.29) is 17.8 Å². The third-order valence-corrected chi connectivity index (χ3v) is 9.02. The maximum Gasteiger partial charge on any atom is 0.0645 e. The van der Waals surface area contributed by atoms with Gasteiger partial charge in [-0.2, -0.15) is 0 Å². The lowest BCUT2D eigenvalue weighted by Gasteiger charge is -2.20. The molecule has 6 aromatic rings. The maximum atomic E-state index is 8.67. The van der Waals surface area contributed by atoms with Crippen molar-refractivity contribution in [1.82, 2.24) is 9.13 Å². The van der Waals surface area contributed by atoms with Crippen LogP contribution in [0.4, 0.5) is 0 Å². The Morgan fingerprint density at radius 3 is 2.11 bits per heavy atom. The predicted molar refractivity (Wildman–Crippen MR) is 191 cm³/mol. The van der Waals surface area contributed by atoms with E-state index >= 15 is 0 Å². The third-order valence-electron chi connectivity index (χ3n) is 9.02. The van der Waals surface area contributed by atoms with Gasteiger partial charge in [0.15, 0.2) is 0 Å². The van der Waals surface area contributed by atoms with Crippen LogP contribution >= 0.6 is 0 Å². The van der Waals surface area contributed by atoms with Crippen LogP contribution in [0.1, 0.15) is 32.5 Å². The molecule has 0 saturated heterocycles. The van der Waals surface area contributed by atoms with Gasteiger partial charge in [-0.15, -0.1) is 0 Å². The average molecular weight is 572 g/mol. The number of hydrogen-bond acceptors (Lipinski definition) is 0. The third kappa shape index (κ3) is 4.26. The fourth-order valence-corrected chi connectivity index (χ4v) is 6.98. The predicted octanol–water partition coefficient (Wildman–Crippen LogP) is 11.6. The molecule has 0 fully saturated rings. The number of rotatable bonds is 6. The molecular weight excluding hydrogens is 532 g/mol. The standard InChI is InChI=1S/C42H34N2/c1-3-4-12-29(2)43-39-17-10-8-15-35(39)37-27-32(21-25-41(37)43)33-22-26-42-38(28-33)36-16-9-11-18-40(36)44(42)34-23-19-31(20-24-34)30-13-6-5-7-14-30/h3-6,8-13,15-19,21-23,25-28H,1-2,7,14,20,24H2/b12-4-/i1D,2D,3D,4D,12D/b3-1?,12-4-,29-2?. The minimum Gasteiger partial charge on any atom is -0.313 e.